The van der Waals surface area contributed by atoms with Crippen molar-refractivity contribution in [1.82, 2.24) is 4.90 Å². The number of hydrogen-bond donors (Lipinski definition) is 1. The summed E-state index contributed by atoms with van der Waals surface area (Å²) in [7, 11) is 0. The lowest BCUT2D eigenvalue weighted by molar-refractivity contribution is -0.145. The molecule has 2 heterocycles. The maximum Gasteiger partial charge on any atom is 0.324 e. The van der Waals surface area contributed by atoms with Crippen LogP contribution in [0.4, 0.5) is 11.4 Å². The van der Waals surface area contributed by atoms with Crippen LogP contribution in [0, 0.1) is 0 Å². The van der Waals surface area contributed by atoms with E-state index in [2.05, 4.69) is 9.80 Å². The number of fused-ring (bicyclic) bond motifs is 1. The van der Waals surface area contributed by atoms with Crippen LogP contribution in [-0.4, -0.2) is 68.9 Å². The topological polar surface area (TPSA) is 88.3 Å². The third-order valence-electron chi connectivity index (χ3n) is 7.98. The van der Waals surface area contributed by atoms with Crippen LogP contribution in [-0.2, 0) is 27.2 Å². The quantitative estimate of drug-likeness (QED) is 0.215. The Labute approximate surface area is 263 Å². The van der Waals surface area contributed by atoms with E-state index < -0.39 is 12.0 Å². The summed E-state index contributed by atoms with van der Waals surface area (Å²) in [5.41, 5.74) is 9.77. The second-order valence-corrected chi connectivity index (χ2v) is 11.7. The van der Waals surface area contributed by atoms with Gasteiger partial charge in [-0.3, -0.25) is 19.4 Å². The van der Waals surface area contributed by atoms with E-state index >= 15 is 0 Å². The molecule has 3 aromatic carbocycles. The second-order valence-electron chi connectivity index (χ2n) is 11.0. The molecule has 10 heteroatoms. The highest BCUT2D eigenvalue weighted by Gasteiger charge is 2.27. The molecule has 0 spiro atoms. The van der Waals surface area contributed by atoms with Crippen molar-refractivity contribution >= 4 is 46.5 Å². The van der Waals surface area contributed by atoms with Crippen molar-refractivity contribution in [3.05, 3.63) is 87.9 Å². The molecular weight excluding hydrogens is 587 g/mol. The third-order valence-corrected chi connectivity index (χ3v) is 8.78. The number of aryl methyl sites for hydroxylation is 1. The largest absolute Gasteiger partial charge is 0.494 e. The molecule has 2 aliphatic rings. The second kappa shape index (κ2) is 14.9. The predicted octanol–water partition coefficient (Wildman–Crippen LogP) is 5.32. The molecule has 0 radical (unpaired) electrons. The van der Waals surface area contributed by atoms with Gasteiger partial charge in [-0.25, -0.2) is 0 Å². The smallest absolute Gasteiger partial charge is 0.324 e. The molecule has 0 aromatic heterocycles. The molecule has 1 fully saturated rings. The molecule has 228 valence electrons. The average molecular weight is 626 g/mol. The summed E-state index contributed by atoms with van der Waals surface area (Å²) in [6, 6.07) is 20.3. The standard InChI is InChI=1S/C33H38Cl2N4O4/c34-27-9-6-10-29(32(27)35)38-18-16-37(17-19-38)15-4-5-20-42-26-13-11-25-12-14-31(40)39(30(25)22-26)23-43-33(41)28(36)21-24-7-2-1-3-8-24/h1-3,6-11,13,22,28H,4-5,12,14-21,23,36H2. The number of piperazine rings is 1. The van der Waals surface area contributed by atoms with Crippen molar-refractivity contribution in [3.63, 3.8) is 0 Å². The van der Waals surface area contributed by atoms with Crippen LogP contribution in [0.25, 0.3) is 0 Å². The molecule has 3 aromatic rings. The van der Waals surface area contributed by atoms with E-state index in [0.29, 0.717) is 41.7 Å². The Morgan fingerprint density at radius 3 is 2.49 bits per heavy atom. The molecule has 1 atom stereocenters. The number of benzene rings is 3. The summed E-state index contributed by atoms with van der Waals surface area (Å²) in [6.45, 7) is 5.18. The minimum atomic E-state index is -0.804. The molecule has 0 aliphatic carbocycles. The minimum Gasteiger partial charge on any atom is -0.494 e. The molecule has 2 aliphatic heterocycles. The number of carbonyl (C=O) groups excluding carboxylic acids is 2. The van der Waals surface area contributed by atoms with Gasteiger partial charge in [0.1, 0.15) is 11.8 Å². The number of nitrogens with zero attached hydrogens (tertiary/aromatic N) is 3. The number of ether oxygens (including phenoxy) is 2. The number of nitrogens with two attached hydrogens (primary N) is 1. The van der Waals surface area contributed by atoms with E-state index in [9.17, 15) is 9.59 Å². The molecule has 0 saturated carbocycles. The van der Waals surface area contributed by atoms with Gasteiger partial charge in [-0.15, -0.1) is 0 Å². The highest BCUT2D eigenvalue weighted by molar-refractivity contribution is 6.43. The Morgan fingerprint density at radius 1 is 0.907 bits per heavy atom. The number of amides is 1. The van der Waals surface area contributed by atoms with Gasteiger partial charge in [0.15, 0.2) is 6.73 Å². The Kier molecular flexibility index (Phi) is 10.8. The molecule has 1 unspecified atom stereocenters. The van der Waals surface area contributed by atoms with Gasteiger partial charge in [-0.05, 0) is 61.6 Å². The lowest BCUT2D eigenvalue weighted by Gasteiger charge is -2.36. The third kappa shape index (κ3) is 8.21. The highest BCUT2D eigenvalue weighted by atomic mass is 35.5. The molecule has 1 saturated heterocycles. The monoisotopic (exact) mass is 624 g/mol. The Bertz CT molecular complexity index is 1400. The summed E-state index contributed by atoms with van der Waals surface area (Å²) in [5, 5.41) is 1.20. The van der Waals surface area contributed by atoms with Crippen LogP contribution in [0.2, 0.25) is 10.0 Å². The molecule has 0 bridgehead atoms. The van der Waals surface area contributed by atoms with E-state index in [0.717, 1.165) is 68.1 Å². The SMILES string of the molecule is NC(Cc1ccccc1)C(=O)OCN1C(=O)CCc2ccc(OCCCCN3CCN(c4cccc(Cl)c4Cl)CC3)cc21. The van der Waals surface area contributed by atoms with Crippen LogP contribution >= 0.6 is 23.2 Å². The van der Waals surface area contributed by atoms with E-state index in [1.807, 2.05) is 66.7 Å². The van der Waals surface area contributed by atoms with Crippen molar-refractivity contribution in [3.8, 4) is 5.75 Å². The first-order valence-corrected chi connectivity index (χ1v) is 15.6. The summed E-state index contributed by atoms with van der Waals surface area (Å²) in [6.07, 6.45) is 3.31. The molecule has 43 heavy (non-hydrogen) atoms. The molecule has 5 rings (SSSR count). The molecule has 1 amide bonds. The maximum absolute atomic E-state index is 12.8. The van der Waals surface area contributed by atoms with E-state index in [1.54, 1.807) is 0 Å². The fourth-order valence-corrected chi connectivity index (χ4v) is 5.93. The fraction of sp³-hybridized carbons (Fsp3) is 0.394. The first kappa shape index (κ1) is 31.1. The van der Waals surface area contributed by atoms with Gasteiger partial charge < -0.3 is 20.1 Å². The zero-order valence-electron chi connectivity index (χ0n) is 24.2. The van der Waals surface area contributed by atoms with E-state index in [1.165, 1.54) is 4.90 Å². The number of rotatable bonds is 12. The predicted molar refractivity (Wildman–Crippen MR) is 171 cm³/mol. The van der Waals surface area contributed by atoms with Gasteiger partial charge in [-0.1, -0.05) is 65.7 Å². The Morgan fingerprint density at radius 2 is 1.70 bits per heavy atom. The van der Waals surface area contributed by atoms with Crippen molar-refractivity contribution in [2.24, 2.45) is 5.73 Å². The zero-order valence-corrected chi connectivity index (χ0v) is 25.7. The normalized spacial score (nSPS) is 16.1. The molecule has 2 N–H and O–H groups in total. The Hall–Kier alpha value is -3.30. The van der Waals surface area contributed by atoms with Crippen LogP contribution in [0.15, 0.2) is 66.7 Å². The van der Waals surface area contributed by atoms with E-state index in [-0.39, 0.29) is 12.6 Å². The maximum atomic E-state index is 12.8. The minimum absolute atomic E-state index is 0.0909. The van der Waals surface area contributed by atoms with Gasteiger partial charge in [0.25, 0.3) is 0 Å². The van der Waals surface area contributed by atoms with E-state index in [4.69, 9.17) is 38.4 Å². The number of unbranched alkanes of at least 4 members (excludes halogenated alkanes) is 1. The summed E-state index contributed by atoms with van der Waals surface area (Å²) in [4.78, 5) is 31.6. The summed E-state index contributed by atoms with van der Waals surface area (Å²) < 4.78 is 11.5. The van der Waals surface area contributed by atoms with Gasteiger partial charge >= 0.3 is 5.97 Å². The molecule has 8 nitrogen and oxygen atoms in total. The van der Waals surface area contributed by atoms with Crippen molar-refractivity contribution in [2.75, 3.05) is 55.9 Å². The highest BCUT2D eigenvalue weighted by Crippen LogP contribution is 2.33. The number of hydrogen-bond acceptors (Lipinski definition) is 7. The number of halogens is 2. The average Bonchev–Trinajstić information content (AvgIpc) is 3.02. The fourth-order valence-electron chi connectivity index (χ4n) is 5.51. The van der Waals surface area contributed by atoms with Gasteiger partial charge in [0.2, 0.25) is 5.91 Å². The van der Waals surface area contributed by atoms with Gasteiger partial charge in [0, 0.05) is 38.7 Å². The first-order valence-electron chi connectivity index (χ1n) is 14.8. The first-order chi connectivity index (χ1) is 20.9. The Balaban J connectivity index is 1.05. The lowest BCUT2D eigenvalue weighted by Crippen LogP contribution is -2.46. The van der Waals surface area contributed by atoms with Crippen LogP contribution in [0.5, 0.6) is 5.75 Å². The van der Waals surface area contributed by atoms with Crippen molar-refractivity contribution in [2.45, 2.75) is 38.1 Å². The number of carbonyl (C=O) groups is 2. The number of anilines is 2. The summed E-state index contributed by atoms with van der Waals surface area (Å²) in [5.74, 6) is 0.0650. The van der Waals surface area contributed by atoms with Gasteiger partial charge in [0.05, 0.1) is 28.0 Å². The summed E-state index contributed by atoms with van der Waals surface area (Å²) >= 11 is 12.6. The van der Waals surface area contributed by atoms with Crippen LogP contribution in [0.1, 0.15) is 30.4 Å². The zero-order chi connectivity index (χ0) is 30.2. The lowest BCUT2D eigenvalue weighted by atomic mass is 10.0. The van der Waals surface area contributed by atoms with Crippen molar-refractivity contribution < 1.29 is 19.1 Å². The van der Waals surface area contributed by atoms with Crippen LogP contribution < -0.4 is 20.3 Å². The van der Waals surface area contributed by atoms with Crippen molar-refractivity contribution in [1.29, 1.82) is 0 Å². The van der Waals surface area contributed by atoms with Gasteiger partial charge in [-0.2, -0.15) is 0 Å². The number of esters is 1. The van der Waals surface area contributed by atoms with Crippen LogP contribution in [0.3, 0.4) is 0 Å². The molecular formula is C33H38Cl2N4O4.